The highest BCUT2D eigenvalue weighted by Gasteiger charge is 2.37. The van der Waals surface area contributed by atoms with Crippen molar-refractivity contribution in [2.75, 3.05) is 11.9 Å². The Bertz CT molecular complexity index is 1560. The number of carbonyl (C=O) groups is 2. The maximum Gasteiger partial charge on any atom is 0.319 e. The van der Waals surface area contributed by atoms with E-state index in [1.807, 2.05) is 6.07 Å². The molecule has 2 aromatic heterocycles. The van der Waals surface area contributed by atoms with E-state index in [0.29, 0.717) is 54.0 Å². The van der Waals surface area contributed by atoms with Crippen LogP contribution in [-0.4, -0.2) is 43.4 Å². The lowest BCUT2D eigenvalue weighted by atomic mass is 9.79. The molecule has 0 unspecified atom stereocenters. The zero-order valence-electron chi connectivity index (χ0n) is 22.2. The van der Waals surface area contributed by atoms with Crippen LogP contribution in [0.5, 0.6) is 0 Å². The van der Waals surface area contributed by atoms with Crippen LogP contribution in [-0.2, 0) is 12.1 Å². The van der Waals surface area contributed by atoms with Crippen LogP contribution in [0.4, 0.5) is 14.9 Å². The van der Waals surface area contributed by atoms with Crippen molar-refractivity contribution in [1.82, 2.24) is 35.6 Å². The average Bonchev–Trinajstić information content (AvgIpc) is 3.51. The van der Waals surface area contributed by atoms with Gasteiger partial charge in [-0.1, -0.05) is 36.6 Å². The molecule has 3 N–H and O–H groups in total. The Morgan fingerprint density at radius 2 is 1.85 bits per heavy atom. The molecule has 4 aromatic rings. The number of nitrogens with zero attached hydrogens (tertiary/aromatic N) is 6. The number of rotatable bonds is 8. The van der Waals surface area contributed by atoms with Crippen molar-refractivity contribution in [1.29, 1.82) is 5.26 Å². The van der Waals surface area contributed by atoms with Crippen LogP contribution in [0, 0.1) is 17.1 Å². The number of nitriles is 1. The second-order valence-corrected chi connectivity index (χ2v) is 9.79. The third-order valence-corrected chi connectivity index (χ3v) is 7.09. The number of nitrogens with one attached hydrogen (secondary N) is 3. The number of hydrogen-bond donors (Lipinski definition) is 3. The van der Waals surface area contributed by atoms with E-state index >= 15 is 4.39 Å². The van der Waals surface area contributed by atoms with Crippen molar-refractivity contribution in [2.45, 2.75) is 44.2 Å². The molecule has 11 nitrogen and oxygen atoms in total. The minimum atomic E-state index is -0.736. The van der Waals surface area contributed by atoms with E-state index < -0.39 is 17.4 Å². The summed E-state index contributed by atoms with van der Waals surface area (Å²) in [5.74, 6) is -0.719. The van der Waals surface area contributed by atoms with Gasteiger partial charge in [-0.3, -0.25) is 9.48 Å². The third kappa shape index (κ3) is 6.52. The number of aromatic nitrogens is 5. The van der Waals surface area contributed by atoms with Crippen LogP contribution in [0.25, 0.3) is 11.1 Å². The molecule has 12 heteroatoms. The average molecular weight is 554 g/mol. The Morgan fingerprint density at radius 3 is 2.56 bits per heavy atom. The number of urea groups is 1. The predicted molar refractivity (Wildman–Crippen MR) is 148 cm³/mol. The smallest absolute Gasteiger partial charge is 0.319 e. The Kier molecular flexibility index (Phi) is 8.24. The SMILES string of the molecule is N#Cc1nccc(C2(NC(=O)Nc3ccc(-c4ccc(C(=O)NCCn5ccnn5)cc4)c(F)c3)CCCCC2)n1. The quantitative estimate of drug-likeness (QED) is 0.296. The first-order valence-electron chi connectivity index (χ1n) is 13.3. The van der Waals surface area contributed by atoms with Gasteiger partial charge in [-0.05, 0) is 54.8 Å². The Labute approximate surface area is 235 Å². The fourth-order valence-electron chi connectivity index (χ4n) is 5.03. The van der Waals surface area contributed by atoms with Crippen LogP contribution in [0.1, 0.15) is 54.0 Å². The number of amides is 3. The molecule has 3 amide bonds. The molecular formula is C29H28FN9O2. The van der Waals surface area contributed by atoms with Crippen LogP contribution < -0.4 is 16.0 Å². The van der Waals surface area contributed by atoms with E-state index in [9.17, 15) is 14.9 Å². The number of halogens is 1. The van der Waals surface area contributed by atoms with E-state index in [0.717, 1.165) is 19.3 Å². The van der Waals surface area contributed by atoms with E-state index in [4.69, 9.17) is 0 Å². The second kappa shape index (κ2) is 12.3. The summed E-state index contributed by atoms with van der Waals surface area (Å²) in [7, 11) is 0. The largest absolute Gasteiger partial charge is 0.350 e. The lowest BCUT2D eigenvalue weighted by Gasteiger charge is -2.37. The van der Waals surface area contributed by atoms with Gasteiger partial charge in [0.15, 0.2) is 0 Å². The van der Waals surface area contributed by atoms with Gasteiger partial charge in [-0.2, -0.15) is 5.26 Å². The van der Waals surface area contributed by atoms with Crippen LogP contribution in [0.3, 0.4) is 0 Å². The maximum atomic E-state index is 15.1. The summed E-state index contributed by atoms with van der Waals surface area (Å²) in [5.41, 5.74) is 1.52. The van der Waals surface area contributed by atoms with Gasteiger partial charge in [0.05, 0.1) is 24.0 Å². The summed E-state index contributed by atoms with van der Waals surface area (Å²) in [5, 5.41) is 25.4. The van der Waals surface area contributed by atoms with E-state index in [2.05, 4.69) is 36.2 Å². The van der Waals surface area contributed by atoms with Crippen LogP contribution in [0.15, 0.2) is 67.1 Å². The van der Waals surface area contributed by atoms with E-state index in [1.165, 1.54) is 12.3 Å². The maximum absolute atomic E-state index is 15.1. The molecule has 2 aromatic carbocycles. The first-order valence-corrected chi connectivity index (χ1v) is 13.3. The monoisotopic (exact) mass is 553 g/mol. The van der Waals surface area contributed by atoms with Gasteiger partial charge in [0.2, 0.25) is 5.82 Å². The zero-order chi connectivity index (χ0) is 28.7. The van der Waals surface area contributed by atoms with E-state index in [1.54, 1.807) is 59.5 Å². The molecule has 0 bridgehead atoms. The van der Waals surface area contributed by atoms with Crippen LogP contribution >= 0.6 is 0 Å². The highest BCUT2D eigenvalue weighted by Crippen LogP contribution is 2.36. The number of hydrogen-bond acceptors (Lipinski definition) is 7. The van der Waals surface area contributed by atoms with Gasteiger partial charge in [0.1, 0.15) is 11.9 Å². The van der Waals surface area contributed by atoms with Gasteiger partial charge in [0.25, 0.3) is 5.91 Å². The molecule has 2 heterocycles. The van der Waals surface area contributed by atoms with Gasteiger partial charge in [-0.25, -0.2) is 19.2 Å². The summed E-state index contributed by atoms with van der Waals surface area (Å²) >= 11 is 0. The van der Waals surface area contributed by atoms with Crippen molar-refractivity contribution in [3.8, 4) is 17.2 Å². The first-order chi connectivity index (χ1) is 20.0. The molecule has 0 aliphatic heterocycles. The van der Waals surface area contributed by atoms with E-state index in [-0.39, 0.29) is 11.7 Å². The molecule has 0 radical (unpaired) electrons. The lowest BCUT2D eigenvalue weighted by Crippen LogP contribution is -2.49. The zero-order valence-corrected chi connectivity index (χ0v) is 22.2. The highest BCUT2D eigenvalue weighted by molar-refractivity contribution is 5.94. The lowest BCUT2D eigenvalue weighted by molar-refractivity contribution is 0.0952. The summed E-state index contributed by atoms with van der Waals surface area (Å²) in [6, 6.07) is 14.2. The standard InChI is InChI=1S/C29H28FN9O2/c30-24-18-22(35-28(41)37-29(11-2-1-3-12-29)25-10-13-32-26(19-31)36-25)8-9-23(24)20-4-6-21(7-5-20)27(40)33-14-16-39-17-15-34-38-39/h4-10,13,15,17-18H,1-3,11-12,14,16H2,(H,33,40)(H2,35,37,41). The fourth-order valence-corrected chi connectivity index (χ4v) is 5.03. The number of benzene rings is 2. The summed E-state index contributed by atoms with van der Waals surface area (Å²) in [6.45, 7) is 0.888. The summed E-state index contributed by atoms with van der Waals surface area (Å²) in [6.07, 6.45) is 8.99. The van der Waals surface area contributed by atoms with Crippen molar-refractivity contribution in [3.63, 3.8) is 0 Å². The molecule has 41 heavy (non-hydrogen) atoms. The molecule has 1 aliphatic rings. The minimum absolute atomic E-state index is 0.0455. The highest BCUT2D eigenvalue weighted by atomic mass is 19.1. The van der Waals surface area contributed by atoms with Gasteiger partial charge in [0, 0.05) is 35.8 Å². The summed E-state index contributed by atoms with van der Waals surface area (Å²) < 4.78 is 16.7. The first kappa shape index (κ1) is 27.4. The number of anilines is 1. The molecule has 0 saturated heterocycles. The molecular weight excluding hydrogens is 525 g/mol. The van der Waals surface area contributed by atoms with Crippen molar-refractivity contribution in [3.05, 3.63) is 90.0 Å². The molecule has 0 spiro atoms. The Morgan fingerprint density at radius 1 is 1.05 bits per heavy atom. The number of carbonyl (C=O) groups excluding carboxylic acids is 2. The molecule has 1 saturated carbocycles. The van der Waals surface area contributed by atoms with Crippen molar-refractivity contribution < 1.29 is 14.0 Å². The predicted octanol–water partition coefficient (Wildman–Crippen LogP) is 4.16. The Balaban J connectivity index is 1.22. The van der Waals surface area contributed by atoms with Gasteiger partial charge < -0.3 is 16.0 Å². The normalized spacial score (nSPS) is 14.0. The Hall–Kier alpha value is -5.18. The molecule has 5 rings (SSSR count). The molecule has 208 valence electrons. The van der Waals surface area contributed by atoms with Gasteiger partial charge in [-0.15, -0.1) is 5.10 Å². The topological polar surface area (TPSA) is 151 Å². The minimum Gasteiger partial charge on any atom is -0.350 e. The molecule has 0 atom stereocenters. The molecule has 1 aliphatic carbocycles. The molecule has 1 fully saturated rings. The second-order valence-electron chi connectivity index (χ2n) is 9.79. The fraction of sp³-hybridized carbons (Fsp3) is 0.276. The van der Waals surface area contributed by atoms with Gasteiger partial charge >= 0.3 is 6.03 Å². The van der Waals surface area contributed by atoms with Crippen molar-refractivity contribution >= 4 is 17.6 Å². The third-order valence-electron chi connectivity index (χ3n) is 7.09. The van der Waals surface area contributed by atoms with Crippen LogP contribution in [0.2, 0.25) is 0 Å². The summed E-state index contributed by atoms with van der Waals surface area (Å²) in [4.78, 5) is 33.7. The van der Waals surface area contributed by atoms with Crippen molar-refractivity contribution in [2.24, 2.45) is 0 Å².